The molecule has 0 unspecified atom stereocenters. The van der Waals surface area contributed by atoms with Gasteiger partial charge in [-0.3, -0.25) is 0 Å². The number of aliphatic hydroxyl groups is 3. The highest BCUT2D eigenvalue weighted by Crippen LogP contribution is 2.24. The van der Waals surface area contributed by atoms with Crippen LogP contribution in [0.5, 0.6) is 11.5 Å². The van der Waals surface area contributed by atoms with E-state index < -0.39 is 5.54 Å². The number of nitrogens with one attached hydrogen (secondary N) is 1. The van der Waals surface area contributed by atoms with Gasteiger partial charge in [0.1, 0.15) is 11.5 Å². The lowest BCUT2D eigenvalue weighted by molar-refractivity contribution is 0.0412. The predicted octanol–water partition coefficient (Wildman–Crippen LogP) is -0.491. The van der Waals surface area contributed by atoms with Crippen LogP contribution in [-0.2, 0) is 6.54 Å². The Kier molecular flexibility index (Phi) is 6.04. The SMILES string of the molecule is COc1ccc(CNC(CO)(CO)CO)c(OC)c1. The van der Waals surface area contributed by atoms with Gasteiger partial charge in [-0.1, -0.05) is 6.07 Å². The van der Waals surface area contributed by atoms with Crippen molar-refractivity contribution in [3.05, 3.63) is 23.8 Å². The average Bonchev–Trinajstić information content (AvgIpc) is 2.49. The van der Waals surface area contributed by atoms with Gasteiger partial charge in [-0.2, -0.15) is 0 Å². The normalized spacial score (nSPS) is 11.4. The van der Waals surface area contributed by atoms with Crippen LogP contribution >= 0.6 is 0 Å². The topological polar surface area (TPSA) is 91.2 Å². The van der Waals surface area contributed by atoms with Crippen LogP contribution in [0.3, 0.4) is 0 Å². The fraction of sp³-hybridized carbons (Fsp3) is 0.538. The molecule has 108 valence electrons. The van der Waals surface area contributed by atoms with E-state index in [4.69, 9.17) is 9.47 Å². The quantitative estimate of drug-likeness (QED) is 0.510. The Labute approximate surface area is 112 Å². The zero-order valence-electron chi connectivity index (χ0n) is 11.2. The van der Waals surface area contributed by atoms with Gasteiger partial charge in [0.25, 0.3) is 0 Å². The summed E-state index contributed by atoms with van der Waals surface area (Å²) in [5, 5.41) is 30.6. The predicted molar refractivity (Wildman–Crippen MR) is 70.4 cm³/mol. The summed E-state index contributed by atoms with van der Waals surface area (Å²) in [6.07, 6.45) is 0. The van der Waals surface area contributed by atoms with E-state index in [-0.39, 0.29) is 19.8 Å². The number of hydrogen-bond acceptors (Lipinski definition) is 6. The van der Waals surface area contributed by atoms with Gasteiger partial charge in [-0.15, -0.1) is 0 Å². The average molecular weight is 271 g/mol. The van der Waals surface area contributed by atoms with E-state index >= 15 is 0 Å². The third kappa shape index (κ3) is 3.81. The summed E-state index contributed by atoms with van der Waals surface area (Å²) in [6.45, 7) is -0.746. The molecule has 0 aliphatic heterocycles. The first kappa shape index (κ1) is 15.7. The van der Waals surface area contributed by atoms with Gasteiger partial charge in [-0.25, -0.2) is 0 Å². The summed E-state index contributed by atoms with van der Waals surface area (Å²) < 4.78 is 10.3. The maximum atomic E-state index is 9.23. The maximum Gasteiger partial charge on any atom is 0.127 e. The minimum atomic E-state index is -1.11. The van der Waals surface area contributed by atoms with Crippen molar-refractivity contribution in [2.45, 2.75) is 12.1 Å². The van der Waals surface area contributed by atoms with Crippen molar-refractivity contribution in [3.8, 4) is 11.5 Å². The van der Waals surface area contributed by atoms with Crippen LogP contribution in [0.1, 0.15) is 5.56 Å². The number of methoxy groups -OCH3 is 2. The van der Waals surface area contributed by atoms with Gasteiger partial charge in [0.2, 0.25) is 0 Å². The number of ether oxygens (including phenoxy) is 2. The molecule has 0 fully saturated rings. The van der Waals surface area contributed by atoms with E-state index in [1.165, 1.54) is 0 Å². The standard InChI is InChI=1S/C13H21NO5/c1-18-11-4-3-10(12(5-11)19-2)6-14-13(7-15,8-16)9-17/h3-5,14-17H,6-9H2,1-2H3. The van der Waals surface area contributed by atoms with Crippen molar-refractivity contribution >= 4 is 0 Å². The lowest BCUT2D eigenvalue weighted by atomic mass is 10.0. The molecule has 0 bridgehead atoms. The molecule has 0 saturated heterocycles. The molecule has 1 aromatic carbocycles. The molecule has 0 aliphatic rings. The van der Waals surface area contributed by atoms with E-state index in [0.717, 1.165) is 5.56 Å². The van der Waals surface area contributed by atoms with Crippen molar-refractivity contribution in [2.75, 3.05) is 34.0 Å². The van der Waals surface area contributed by atoms with E-state index in [9.17, 15) is 15.3 Å². The van der Waals surface area contributed by atoms with Crippen molar-refractivity contribution in [1.82, 2.24) is 5.32 Å². The first-order valence-electron chi connectivity index (χ1n) is 5.93. The van der Waals surface area contributed by atoms with Gasteiger partial charge >= 0.3 is 0 Å². The van der Waals surface area contributed by atoms with Crippen molar-refractivity contribution in [2.24, 2.45) is 0 Å². The Bertz CT molecular complexity index is 384. The highest BCUT2D eigenvalue weighted by atomic mass is 16.5. The molecule has 6 nitrogen and oxygen atoms in total. The molecule has 0 aromatic heterocycles. The fourth-order valence-electron chi connectivity index (χ4n) is 1.60. The minimum absolute atomic E-state index is 0.342. The molecule has 0 heterocycles. The van der Waals surface area contributed by atoms with Crippen LogP contribution in [0.4, 0.5) is 0 Å². The zero-order chi connectivity index (χ0) is 14.3. The molecule has 0 spiro atoms. The second-order valence-corrected chi connectivity index (χ2v) is 4.29. The summed E-state index contributed by atoms with van der Waals surface area (Å²) in [4.78, 5) is 0. The maximum absolute atomic E-state index is 9.23. The van der Waals surface area contributed by atoms with E-state index in [0.29, 0.717) is 18.0 Å². The highest BCUT2D eigenvalue weighted by Gasteiger charge is 2.27. The van der Waals surface area contributed by atoms with Crippen molar-refractivity contribution in [1.29, 1.82) is 0 Å². The first-order chi connectivity index (χ1) is 9.14. The Morgan fingerprint density at radius 3 is 2.16 bits per heavy atom. The Morgan fingerprint density at radius 2 is 1.68 bits per heavy atom. The molecular weight excluding hydrogens is 250 g/mol. The van der Waals surface area contributed by atoms with E-state index in [1.807, 2.05) is 6.07 Å². The molecule has 0 radical (unpaired) electrons. The van der Waals surface area contributed by atoms with Crippen molar-refractivity contribution < 1.29 is 24.8 Å². The smallest absolute Gasteiger partial charge is 0.127 e. The van der Waals surface area contributed by atoms with Crippen LogP contribution in [-0.4, -0.2) is 54.9 Å². The van der Waals surface area contributed by atoms with E-state index in [2.05, 4.69) is 5.32 Å². The van der Waals surface area contributed by atoms with Crippen LogP contribution in [0.15, 0.2) is 18.2 Å². The third-order valence-electron chi connectivity index (χ3n) is 3.06. The van der Waals surface area contributed by atoms with Gasteiger partial charge in [0.05, 0.1) is 39.6 Å². The van der Waals surface area contributed by atoms with Gasteiger partial charge < -0.3 is 30.1 Å². The van der Waals surface area contributed by atoms with Gasteiger partial charge in [0.15, 0.2) is 0 Å². The molecule has 0 amide bonds. The van der Waals surface area contributed by atoms with Crippen LogP contribution in [0.25, 0.3) is 0 Å². The molecule has 19 heavy (non-hydrogen) atoms. The highest BCUT2D eigenvalue weighted by molar-refractivity contribution is 5.40. The first-order valence-corrected chi connectivity index (χ1v) is 5.93. The van der Waals surface area contributed by atoms with Crippen molar-refractivity contribution in [3.63, 3.8) is 0 Å². The lowest BCUT2D eigenvalue weighted by Crippen LogP contribution is -2.54. The molecule has 6 heteroatoms. The molecule has 0 atom stereocenters. The molecule has 1 rings (SSSR count). The Hall–Kier alpha value is -1.34. The fourth-order valence-corrected chi connectivity index (χ4v) is 1.60. The third-order valence-corrected chi connectivity index (χ3v) is 3.06. The van der Waals surface area contributed by atoms with E-state index in [1.54, 1.807) is 26.4 Å². The van der Waals surface area contributed by atoms with Gasteiger partial charge in [-0.05, 0) is 6.07 Å². The summed E-state index contributed by atoms with van der Waals surface area (Å²) >= 11 is 0. The number of rotatable bonds is 8. The molecule has 0 saturated carbocycles. The van der Waals surface area contributed by atoms with Crippen LogP contribution in [0, 0.1) is 0 Å². The Morgan fingerprint density at radius 1 is 1.05 bits per heavy atom. The second kappa shape index (κ2) is 7.30. The molecule has 4 N–H and O–H groups in total. The molecule has 0 aliphatic carbocycles. The minimum Gasteiger partial charge on any atom is -0.497 e. The zero-order valence-corrected chi connectivity index (χ0v) is 11.2. The van der Waals surface area contributed by atoms with Crippen LogP contribution < -0.4 is 14.8 Å². The molecular formula is C13H21NO5. The monoisotopic (exact) mass is 271 g/mol. The number of aliphatic hydroxyl groups excluding tert-OH is 3. The summed E-state index contributed by atoms with van der Waals surface area (Å²) in [7, 11) is 3.12. The summed E-state index contributed by atoms with van der Waals surface area (Å²) in [5.41, 5.74) is -0.270. The van der Waals surface area contributed by atoms with Gasteiger partial charge in [0, 0.05) is 18.2 Å². The second-order valence-electron chi connectivity index (χ2n) is 4.29. The van der Waals surface area contributed by atoms with Crippen LogP contribution in [0.2, 0.25) is 0 Å². The summed E-state index contributed by atoms with van der Waals surface area (Å²) in [5.74, 6) is 1.31. The molecule has 1 aromatic rings. The number of benzene rings is 1. The number of hydrogen-bond donors (Lipinski definition) is 4. The Balaban J connectivity index is 2.82. The lowest BCUT2D eigenvalue weighted by Gasteiger charge is -2.29. The summed E-state index contributed by atoms with van der Waals surface area (Å²) in [6, 6.07) is 5.36. The largest absolute Gasteiger partial charge is 0.497 e.